The third-order valence-electron chi connectivity index (χ3n) is 1.79. The third kappa shape index (κ3) is 2.94. The molecule has 15 heavy (non-hydrogen) atoms. The summed E-state index contributed by atoms with van der Waals surface area (Å²) in [6, 6.07) is 2.45. The maximum atomic E-state index is 13.1. The molecule has 0 bridgehead atoms. The zero-order valence-electron chi connectivity index (χ0n) is 8.09. The zero-order chi connectivity index (χ0) is 11.3. The molecule has 5 heteroatoms. The van der Waals surface area contributed by atoms with Crippen LogP contribution >= 0.6 is 0 Å². The molecular formula is C10H9F2NO2. The van der Waals surface area contributed by atoms with Crippen molar-refractivity contribution >= 4 is 6.08 Å². The molecule has 1 aromatic carbocycles. The van der Waals surface area contributed by atoms with E-state index in [4.69, 9.17) is 4.74 Å². The van der Waals surface area contributed by atoms with Crippen molar-refractivity contribution in [2.24, 2.45) is 4.99 Å². The molecule has 0 N–H and O–H groups in total. The van der Waals surface area contributed by atoms with Crippen molar-refractivity contribution in [2.45, 2.75) is 13.2 Å². The number of methoxy groups -OCH3 is 1. The molecule has 0 unspecified atom stereocenters. The fourth-order valence-corrected chi connectivity index (χ4v) is 1.19. The molecule has 0 atom stereocenters. The van der Waals surface area contributed by atoms with Crippen LogP contribution in [0.4, 0.5) is 8.78 Å². The van der Waals surface area contributed by atoms with Crippen LogP contribution in [0.2, 0.25) is 0 Å². The lowest BCUT2D eigenvalue weighted by molar-refractivity contribution is 0.184. The van der Waals surface area contributed by atoms with Crippen molar-refractivity contribution in [3.63, 3.8) is 0 Å². The molecule has 0 aliphatic carbocycles. The van der Waals surface area contributed by atoms with Crippen LogP contribution < -0.4 is 0 Å². The second-order valence-corrected chi connectivity index (χ2v) is 2.89. The minimum atomic E-state index is -0.992. The Morgan fingerprint density at radius 3 is 2.80 bits per heavy atom. The summed E-state index contributed by atoms with van der Waals surface area (Å²) in [7, 11) is 1.45. The van der Waals surface area contributed by atoms with Gasteiger partial charge in [0.05, 0.1) is 13.2 Å². The number of nitrogens with zero attached hydrogens (tertiary/aromatic N) is 1. The van der Waals surface area contributed by atoms with E-state index in [1.54, 1.807) is 0 Å². The smallest absolute Gasteiger partial charge is 0.235 e. The number of hydrogen-bond donors (Lipinski definition) is 0. The van der Waals surface area contributed by atoms with Crippen molar-refractivity contribution < 1.29 is 18.3 Å². The van der Waals surface area contributed by atoms with E-state index < -0.39 is 11.6 Å². The van der Waals surface area contributed by atoms with Gasteiger partial charge in [-0.15, -0.1) is 0 Å². The van der Waals surface area contributed by atoms with E-state index in [0.717, 1.165) is 6.07 Å². The van der Waals surface area contributed by atoms with Gasteiger partial charge in [-0.05, 0) is 17.7 Å². The average molecular weight is 213 g/mol. The van der Waals surface area contributed by atoms with E-state index in [9.17, 15) is 13.6 Å². The maximum Gasteiger partial charge on any atom is 0.235 e. The first-order chi connectivity index (χ1) is 7.19. The molecule has 3 nitrogen and oxygen atoms in total. The van der Waals surface area contributed by atoms with Gasteiger partial charge in [-0.3, -0.25) is 0 Å². The van der Waals surface area contributed by atoms with E-state index in [1.807, 2.05) is 0 Å². The fraction of sp³-hybridized carbons (Fsp3) is 0.300. The third-order valence-corrected chi connectivity index (χ3v) is 1.79. The molecule has 0 fully saturated rings. The van der Waals surface area contributed by atoms with E-state index in [1.165, 1.54) is 19.3 Å². The highest BCUT2D eigenvalue weighted by Crippen LogP contribution is 2.16. The highest BCUT2D eigenvalue weighted by Gasteiger charge is 2.10. The summed E-state index contributed by atoms with van der Waals surface area (Å²) in [4.78, 5) is 13.0. The molecule has 0 heterocycles. The first-order valence-electron chi connectivity index (χ1n) is 4.18. The van der Waals surface area contributed by atoms with Gasteiger partial charge in [0, 0.05) is 12.7 Å². The van der Waals surface area contributed by atoms with Crippen LogP contribution in [-0.2, 0) is 22.7 Å². The SMILES string of the molecule is COCc1cc(F)c(F)c(CN=C=O)c1. The zero-order valence-corrected chi connectivity index (χ0v) is 8.09. The monoisotopic (exact) mass is 213 g/mol. The Balaban J connectivity index is 3.06. The Bertz CT molecular complexity index is 401. The number of halogens is 2. The summed E-state index contributed by atoms with van der Waals surface area (Å²) >= 11 is 0. The number of isocyanates is 1. The van der Waals surface area contributed by atoms with E-state index >= 15 is 0 Å². The molecule has 1 rings (SSSR count). The molecule has 1 aromatic rings. The van der Waals surface area contributed by atoms with Crippen LogP contribution in [0.15, 0.2) is 17.1 Å². The molecular weight excluding hydrogens is 204 g/mol. The van der Waals surface area contributed by atoms with Crippen LogP contribution in [0.25, 0.3) is 0 Å². The lowest BCUT2D eigenvalue weighted by Crippen LogP contribution is -1.98. The number of rotatable bonds is 4. The predicted molar refractivity (Wildman–Crippen MR) is 48.9 cm³/mol. The van der Waals surface area contributed by atoms with E-state index in [0.29, 0.717) is 5.56 Å². The standard InChI is InChI=1S/C10H9F2NO2/c1-15-5-7-2-8(4-13-6-14)10(12)9(11)3-7/h2-3H,4-5H2,1H3. The molecule has 0 aromatic heterocycles. The quantitative estimate of drug-likeness (QED) is 0.566. The summed E-state index contributed by atoms with van der Waals surface area (Å²) in [5, 5.41) is 0. The molecule has 0 amide bonds. The molecule has 0 spiro atoms. The number of benzene rings is 1. The van der Waals surface area contributed by atoms with Gasteiger partial charge in [-0.25, -0.2) is 18.6 Å². The Morgan fingerprint density at radius 1 is 1.47 bits per heavy atom. The predicted octanol–water partition coefficient (Wildman–Crippen LogP) is 1.95. The molecule has 0 saturated heterocycles. The number of hydrogen-bond acceptors (Lipinski definition) is 3. The van der Waals surface area contributed by atoms with Crippen molar-refractivity contribution in [3.8, 4) is 0 Å². The van der Waals surface area contributed by atoms with Crippen molar-refractivity contribution in [1.29, 1.82) is 0 Å². The van der Waals surface area contributed by atoms with Crippen LogP contribution in [0.3, 0.4) is 0 Å². The number of ether oxygens (including phenoxy) is 1. The highest BCUT2D eigenvalue weighted by atomic mass is 19.2. The van der Waals surface area contributed by atoms with Gasteiger partial charge in [0.2, 0.25) is 6.08 Å². The average Bonchev–Trinajstić information content (AvgIpc) is 2.21. The summed E-state index contributed by atoms with van der Waals surface area (Å²) in [5.74, 6) is -1.96. The first kappa shape index (κ1) is 11.5. The lowest BCUT2D eigenvalue weighted by atomic mass is 10.1. The minimum Gasteiger partial charge on any atom is -0.380 e. The van der Waals surface area contributed by atoms with Crippen molar-refractivity contribution in [2.75, 3.05) is 7.11 Å². The van der Waals surface area contributed by atoms with Crippen LogP contribution in [-0.4, -0.2) is 13.2 Å². The van der Waals surface area contributed by atoms with Gasteiger partial charge in [-0.1, -0.05) is 0 Å². The Kier molecular flexibility index (Phi) is 4.09. The number of carbonyl (C=O) groups excluding carboxylic acids is 1. The Morgan fingerprint density at radius 2 is 2.20 bits per heavy atom. The van der Waals surface area contributed by atoms with Crippen LogP contribution in [0.1, 0.15) is 11.1 Å². The molecule has 0 aliphatic rings. The topological polar surface area (TPSA) is 38.7 Å². The Hall–Kier alpha value is -1.58. The Labute approximate surface area is 85.4 Å². The molecule has 0 saturated carbocycles. The van der Waals surface area contributed by atoms with Crippen LogP contribution in [0.5, 0.6) is 0 Å². The molecule has 80 valence electrons. The summed E-state index contributed by atoms with van der Waals surface area (Å²) in [6.07, 6.45) is 1.27. The summed E-state index contributed by atoms with van der Waals surface area (Å²) in [5.41, 5.74) is 0.512. The summed E-state index contributed by atoms with van der Waals surface area (Å²) in [6.45, 7) is -0.0428. The van der Waals surface area contributed by atoms with Gasteiger partial charge in [0.1, 0.15) is 0 Å². The van der Waals surface area contributed by atoms with Gasteiger partial charge in [0.25, 0.3) is 0 Å². The van der Waals surface area contributed by atoms with Crippen LogP contribution in [0, 0.1) is 11.6 Å². The molecule has 0 aliphatic heterocycles. The van der Waals surface area contributed by atoms with Crippen molar-refractivity contribution in [3.05, 3.63) is 34.9 Å². The second kappa shape index (κ2) is 5.34. The van der Waals surface area contributed by atoms with Gasteiger partial charge in [-0.2, -0.15) is 0 Å². The van der Waals surface area contributed by atoms with Crippen molar-refractivity contribution in [1.82, 2.24) is 0 Å². The number of aliphatic imine (C=N–C) groups is 1. The minimum absolute atomic E-state index is 0.0189. The van der Waals surface area contributed by atoms with Gasteiger partial charge >= 0.3 is 0 Å². The lowest BCUT2D eigenvalue weighted by Gasteiger charge is -2.04. The first-order valence-corrected chi connectivity index (χ1v) is 4.18. The molecule has 0 radical (unpaired) electrons. The van der Waals surface area contributed by atoms with Gasteiger partial charge in [0.15, 0.2) is 11.6 Å². The maximum absolute atomic E-state index is 13.1. The fourth-order valence-electron chi connectivity index (χ4n) is 1.19. The normalized spacial score (nSPS) is 9.80. The second-order valence-electron chi connectivity index (χ2n) is 2.89. The summed E-state index contributed by atoms with van der Waals surface area (Å²) < 4.78 is 30.9. The highest BCUT2D eigenvalue weighted by molar-refractivity contribution is 5.34. The van der Waals surface area contributed by atoms with E-state index in [2.05, 4.69) is 4.99 Å². The van der Waals surface area contributed by atoms with E-state index in [-0.39, 0.29) is 18.7 Å². The van der Waals surface area contributed by atoms with Gasteiger partial charge < -0.3 is 4.74 Å². The largest absolute Gasteiger partial charge is 0.380 e.